The Kier molecular flexibility index (Phi) is 7.47. The summed E-state index contributed by atoms with van der Waals surface area (Å²) < 4.78 is 5.66. The summed E-state index contributed by atoms with van der Waals surface area (Å²) in [6.07, 6.45) is 7.47. The smallest absolute Gasteiger partial charge is 0.170 e. The molecule has 0 aromatic heterocycles. The number of rotatable bonds is 9. The fraction of sp³-hybridized carbons (Fsp3) is 0.533. The standard InChI is InChI=1S/C15H24N2O2/c1-2-3-4-5-6-7-11-19-14-10-8-9-13(12-14)15(16)17-18/h8-10,12,18H,2-7,11H2,1H3,(H2,16,17). The van der Waals surface area contributed by atoms with E-state index in [9.17, 15) is 0 Å². The third-order valence-electron chi connectivity index (χ3n) is 3.00. The van der Waals surface area contributed by atoms with Gasteiger partial charge in [0.15, 0.2) is 5.84 Å². The van der Waals surface area contributed by atoms with Gasteiger partial charge in [0.2, 0.25) is 0 Å². The largest absolute Gasteiger partial charge is 0.494 e. The normalized spacial score (nSPS) is 11.5. The molecule has 0 spiro atoms. The molecular weight excluding hydrogens is 240 g/mol. The van der Waals surface area contributed by atoms with Gasteiger partial charge in [-0.25, -0.2) is 0 Å². The van der Waals surface area contributed by atoms with Gasteiger partial charge in [-0.1, -0.05) is 56.3 Å². The molecular formula is C15H24N2O2. The van der Waals surface area contributed by atoms with Crippen molar-refractivity contribution in [3.8, 4) is 5.75 Å². The highest BCUT2D eigenvalue weighted by molar-refractivity contribution is 5.97. The predicted molar refractivity (Wildman–Crippen MR) is 77.8 cm³/mol. The van der Waals surface area contributed by atoms with Crippen LogP contribution in [-0.4, -0.2) is 17.6 Å². The van der Waals surface area contributed by atoms with Crippen molar-refractivity contribution in [1.29, 1.82) is 0 Å². The van der Waals surface area contributed by atoms with Crippen molar-refractivity contribution in [3.05, 3.63) is 29.8 Å². The summed E-state index contributed by atoms with van der Waals surface area (Å²) in [6.45, 7) is 2.93. The molecule has 0 saturated heterocycles. The molecule has 0 heterocycles. The second kappa shape index (κ2) is 9.25. The molecule has 0 unspecified atom stereocenters. The van der Waals surface area contributed by atoms with E-state index in [1.807, 2.05) is 12.1 Å². The molecule has 19 heavy (non-hydrogen) atoms. The Morgan fingerprint density at radius 1 is 1.21 bits per heavy atom. The van der Waals surface area contributed by atoms with Crippen LogP contribution in [-0.2, 0) is 0 Å². The Morgan fingerprint density at radius 2 is 1.95 bits per heavy atom. The third-order valence-corrected chi connectivity index (χ3v) is 3.00. The number of oxime groups is 1. The molecule has 0 aliphatic rings. The number of hydrogen-bond donors (Lipinski definition) is 2. The van der Waals surface area contributed by atoms with E-state index in [-0.39, 0.29) is 5.84 Å². The van der Waals surface area contributed by atoms with Gasteiger partial charge in [0.1, 0.15) is 5.75 Å². The molecule has 106 valence electrons. The summed E-state index contributed by atoms with van der Waals surface area (Å²) in [6, 6.07) is 7.29. The predicted octanol–water partition coefficient (Wildman–Crippen LogP) is 3.52. The maximum absolute atomic E-state index is 8.62. The lowest BCUT2D eigenvalue weighted by Gasteiger charge is -2.07. The van der Waals surface area contributed by atoms with E-state index in [4.69, 9.17) is 15.7 Å². The van der Waals surface area contributed by atoms with Crippen molar-refractivity contribution in [1.82, 2.24) is 0 Å². The van der Waals surface area contributed by atoms with Gasteiger partial charge in [-0.3, -0.25) is 0 Å². The van der Waals surface area contributed by atoms with Crippen LogP contribution >= 0.6 is 0 Å². The average molecular weight is 264 g/mol. The summed E-state index contributed by atoms with van der Waals surface area (Å²) >= 11 is 0. The first-order chi connectivity index (χ1) is 9.27. The lowest BCUT2D eigenvalue weighted by atomic mass is 10.1. The molecule has 4 heteroatoms. The summed E-state index contributed by atoms with van der Waals surface area (Å²) in [4.78, 5) is 0. The lowest BCUT2D eigenvalue weighted by Crippen LogP contribution is -2.13. The first-order valence-corrected chi connectivity index (χ1v) is 6.98. The van der Waals surface area contributed by atoms with Crippen molar-refractivity contribution in [2.75, 3.05) is 6.61 Å². The van der Waals surface area contributed by atoms with E-state index >= 15 is 0 Å². The Labute approximate surface area is 115 Å². The minimum atomic E-state index is 0.102. The molecule has 0 saturated carbocycles. The summed E-state index contributed by atoms with van der Waals surface area (Å²) in [7, 11) is 0. The first kappa shape index (κ1) is 15.3. The Hall–Kier alpha value is -1.71. The second-order valence-corrected chi connectivity index (χ2v) is 4.63. The molecule has 3 N–H and O–H groups in total. The van der Waals surface area contributed by atoms with Crippen LogP contribution in [0.3, 0.4) is 0 Å². The quantitative estimate of drug-likeness (QED) is 0.236. The van der Waals surface area contributed by atoms with Crippen molar-refractivity contribution in [3.63, 3.8) is 0 Å². The highest BCUT2D eigenvalue weighted by Gasteiger charge is 2.01. The van der Waals surface area contributed by atoms with E-state index in [1.54, 1.807) is 12.1 Å². The zero-order valence-corrected chi connectivity index (χ0v) is 11.6. The van der Waals surface area contributed by atoms with Crippen molar-refractivity contribution < 1.29 is 9.94 Å². The summed E-state index contributed by atoms with van der Waals surface area (Å²) in [5.74, 6) is 0.864. The topological polar surface area (TPSA) is 67.8 Å². The molecule has 4 nitrogen and oxygen atoms in total. The number of ether oxygens (including phenoxy) is 1. The molecule has 0 radical (unpaired) electrons. The fourth-order valence-electron chi connectivity index (χ4n) is 1.88. The average Bonchev–Trinajstić information content (AvgIpc) is 2.46. The Bertz CT molecular complexity index is 391. The van der Waals surface area contributed by atoms with Gasteiger partial charge in [-0.15, -0.1) is 0 Å². The van der Waals surface area contributed by atoms with Crippen LogP contribution < -0.4 is 10.5 Å². The van der Waals surface area contributed by atoms with Crippen LogP contribution in [0.1, 0.15) is 51.0 Å². The van der Waals surface area contributed by atoms with Gasteiger partial charge in [-0.05, 0) is 18.6 Å². The van der Waals surface area contributed by atoms with E-state index in [2.05, 4.69) is 12.1 Å². The molecule has 0 aliphatic heterocycles. The number of unbranched alkanes of at least 4 members (excludes halogenated alkanes) is 5. The van der Waals surface area contributed by atoms with Crippen LogP contribution in [0.2, 0.25) is 0 Å². The molecule has 1 aromatic rings. The van der Waals surface area contributed by atoms with Gasteiger partial charge < -0.3 is 15.7 Å². The van der Waals surface area contributed by atoms with E-state index in [1.165, 1.54) is 32.1 Å². The van der Waals surface area contributed by atoms with E-state index < -0.39 is 0 Å². The van der Waals surface area contributed by atoms with Crippen LogP contribution in [0.4, 0.5) is 0 Å². The second-order valence-electron chi connectivity index (χ2n) is 4.63. The minimum absolute atomic E-state index is 0.102. The maximum atomic E-state index is 8.62. The molecule has 0 atom stereocenters. The van der Waals surface area contributed by atoms with Gasteiger partial charge in [0.05, 0.1) is 6.61 Å². The van der Waals surface area contributed by atoms with Crippen LogP contribution in [0, 0.1) is 0 Å². The van der Waals surface area contributed by atoms with Gasteiger partial charge in [0.25, 0.3) is 0 Å². The van der Waals surface area contributed by atoms with Crippen LogP contribution in [0.5, 0.6) is 5.75 Å². The van der Waals surface area contributed by atoms with E-state index in [0.29, 0.717) is 12.2 Å². The Morgan fingerprint density at radius 3 is 2.68 bits per heavy atom. The monoisotopic (exact) mass is 264 g/mol. The number of benzene rings is 1. The molecule has 0 fully saturated rings. The highest BCUT2D eigenvalue weighted by Crippen LogP contribution is 2.14. The van der Waals surface area contributed by atoms with Gasteiger partial charge in [-0.2, -0.15) is 0 Å². The van der Waals surface area contributed by atoms with Gasteiger partial charge >= 0.3 is 0 Å². The zero-order valence-electron chi connectivity index (χ0n) is 11.6. The maximum Gasteiger partial charge on any atom is 0.170 e. The lowest BCUT2D eigenvalue weighted by molar-refractivity contribution is 0.304. The SMILES string of the molecule is CCCCCCCCOc1cccc(/C(N)=N/O)c1. The van der Waals surface area contributed by atoms with Crippen molar-refractivity contribution >= 4 is 5.84 Å². The van der Waals surface area contributed by atoms with Gasteiger partial charge in [0, 0.05) is 5.56 Å². The Balaban J connectivity index is 2.26. The highest BCUT2D eigenvalue weighted by atomic mass is 16.5. The molecule has 0 bridgehead atoms. The molecule has 0 aliphatic carbocycles. The number of amidine groups is 1. The fourth-order valence-corrected chi connectivity index (χ4v) is 1.88. The van der Waals surface area contributed by atoms with Crippen molar-refractivity contribution in [2.45, 2.75) is 45.4 Å². The zero-order chi connectivity index (χ0) is 13.9. The van der Waals surface area contributed by atoms with Crippen LogP contribution in [0.25, 0.3) is 0 Å². The number of hydrogen-bond acceptors (Lipinski definition) is 3. The third kappa shape index (κ3) is 6.13. The van der Waals surface area contributed by atoms with E-state index in [0.717, 1.165) is 12.2 Å². The summed E-state index contributed by atoms with van der Waals surface area (Å²) in [5, 5.41) is 11.6. The number of nitrogens with zero attached hydrogens (tertiary/aromatic N) is 1. The molecule has 1 rings (SSSR count). The summed E-state index contributed by atoms with van der Waals surface area (Å²) in [5.41, 5.74) is 6.20. The minimum Gasteiger partial charge on any atom is -0.494 e. The molecule has 1 aromatic carbocycles. The van der Waals surface area contributed by atoms with Crippen LogP contribution in [0.15, 0.2) is 29.4 Å². The molecule has 0 amide bonds. The number of nitrogens with two attached hydrogens (primary N) is 1. The van der Waals surface area contributed by atoms with Crippen molar-refractivity contribution in [2.24, 2.45) is 10.9 Å². The first-order valence-electron chi connectivity index (χ1n) is 6.98.